The fourth-order valence-corrected chi connectivity index (χ4v) is 5.41. The molecule has 2 aliphatic rings. The average molecular weight is 345 g/mol. The van der Waals surface area contributed by atoms with Crippen molar-refractivity contribution < 1.29 is 4.79 Å². The van der Waals surface area contributed by atoms with Crippen molar-refractivity contribution in [2.45, 2.75) is 46.6 Å². The van der Waals surface area contributed by atoms with Crippen molar-refractivity contribution >= 4 is 27.5 Å². The fraction of sp³-hybridized carbons (Fsp3) is 0.611. The van der Waals surface area contributed by atoms with E-state index in [0.717, 1.165) is 48.7 Å². The van der Waals surface area contributed by atoms with Crippen LogP contribution in [0, 0.1) is 18.8 Å². The molecular weight excluding hydrogens is 322 g/mol. The number of rotatable bonds is 1. The molecule has 0 aromatic carbocycles. The zero-order chi connectivity index (χ0) is 17.0. The smallest absolute Gasteiger partial charge is 0.264 e. The van der Waals surface area contributed by atoms with Gasteiger partial charge in [-0.15, -0.1) is 11.3 Å². The predicted molar refractivity (Wildman–Crippen MR) is 95.8 cm³/mol. The topological polar surface area (TPSA) is 55.2 Å². The van der Waals surface area contributed by atoms with Gasteiger partial charge in [-0.2, -0.15) is 0 Å². The number of likely N-dealkylation sites (tertiary alicyclic amines) is 1. The van der Waals surface area contributed by atoms with E-state index in [1.807, 2.05) is 11.8 Å². The molecule has 1 fully saturated rings. The van der Waals surface area contributed by atoms with Gasteiger partial charge in [0.15, 0.2) is 0 Å². The van der Waals surface area contributed by atoms with Gasteiger partial charge in [0.2, 0.25) is 0 Å². The molecule has 0 aliphatic carbocycles. The molecule has 0 N–H and O–H groups in total. The highest BCUT2D eigenvalue weighted by Gasteiger charge is 2.30. The van der Waals surface area contributed by atoms with Gasteiger partial charge in [0.25, 0.3) is 11.5 Å². The maximum atomic E-state index is 13.0. The lowest BCUT2D eigenvalue weighted by atomic mass is 9.92. The summed E-state index contributed by atoms with van der Waals surface area (Å²) in [6, 6.07) is 0. The minimum absolute atomic E-state index is 0.0284. The lowest BCUT2D eigenvalue weighted by Gasteiger charge is -2.34. The summed E-state index contributed by atoms with van der Waals surface area (Å²) in [5.41, 5.74) is 0.839. The standard InChI is InChI=1S/C18H23N3O2S/c1-10-7-11(2)9-20(8-10)18(23)15-12(3)14-16(24-15)19-13-5-4-6-21(13)17(14)22/h10-11H,4-9H2,1-3H3/t10-,11-/m0/s1. The molecule has 1 amide bonds. The Balaban J connectivity index is 1.78. The number of piperidine rings is 1. The molecule has 4 rings (SSSR count). The van der Waals surface area contributed by atoms with E-state index >= 15 is 0 Å². The molecule has 6 heteroatoms. The summed E-state index contributed by atoms with van der Waals surface area (Å²) in [7, 11) is 0. The Morgan fingerprint density at radius 1 is 1.25 bits per heavy atom. The molecule has 0 unspecified atom stereocenters. The summed E-state index contributed by atoms with van der Waals surface area (Å²) < 4.78 is 1.78. The van der Waals surface area contributed by atoms with Crippen molar-refractivity contribution in [1.82, 2.24) is 14.5 Å². The quantitative estimate of drug-likeness (QED) is 0.798. The Labute approximate surface area is 145 Å². The van der Waals surface area contributed by atoms with Crippen LogP contribution in [0.1, 0.15) is 47.7 Å². The van der Waals surface area contributed by atoms with Crippen LogP contribution in [0.15, 0.2) is 4.79 Å². The second-order valence-electron chi connectivity index (χ2n) is 7.48. The van der Waals surface area contributed by atoms with Crippen LogP contribution >= 0.6 is 11.3 Å². The molecule has 5 nitrogen and oxygen atoms in total. The number of amides is 1. The maximum absolute atomic E-state index is 13.0. The van der Waals surface area contributed by atoms with E-state index in [0.29, 0.717) is 22.1 Å². The fourth-order valence-electron chi connectivity index (χ4n) is 4.25. The summed E-state index contributed by atoms with van der Waals surface area (Å²) in [6.45, 7) is 8.66. The van der Waals surface area contributed by atoms with Crippen LogP contribution in [-0.4, -0.2) is 33.4 Å². The Morgan fingerprint density at radius 3 is 2.67 bits per heavy atom. The van der Waals surface area contributed by atoms with Crippen molar-refractivity contribution in [2.75, 3.05) is 13.1 Å². The third-order valence-electron chi connectivity index (χ3n) is 5.26. The van der Waals surface area contributed by atoms with Gasteiger partial charge in [-0.05, 0) is 37.2 Å². The second kappa shape index (κ2) is 5.69. The van der Waals surface area contributed by atoms with Crippen LogP contribution in [0.4, 0.5) is 0 Å². The molecule has 128 valence electrons. The number of aryl methyl sites for hydroxylation is 2. The minimum Gasteiger partial charge on any atom is -0.337 e. The zero-order valence-electron chi connectivity index (χ0n) is 14.5. The number of hydrogen-bond acceptors (Lipinski definition) is 4. The number of aromatic nitrogens is 2. The molecule has 0 saturated carbocycles. The van der Waals surface area contributed by atoms with E-state index < -0.39 is 0 Å². The van der Waals surface area contributed by atoms with Gasteiger partial charge in [-0.25, -0.2) is 4.98 Å². The molecule has 0 radical (unpaired) electrons. The summed E-state index contributed by atoms with van der Waals surface area (Å²) in [6.07, 6.45) is 3.01. The summed E-state index contributed by atoms with van der Waals surface area (Å²) in [5, 5.41) is 0.645. The van der Waals surface area contributed by atoms with Crippen molar-refractivity contribution in [1.29, 1.82) is 0 Å². The Hall–Kier alpha value is -1.69. The highest BCUT2D eigenvalue weighted by atomic mass is 32.1. The van der Waals surface area contributed by atoms with Gasteiger partial charge in [-0.1, -0.05) is 13.8 Å². The SMILES string of the molecule is Cc1c(C(=O)N2C[C@@H](C)C[C@H](C)C2)sc2nc3n(c(=O)c12)CCC3. The van der Waals surface area contributed by atoms with E-state index in [2.05, 4.69) is 18.8 Å². The lowest BCUT2D eigenvalue weighted by Crippen LogP contribution is -2.42. The molecule has 2 aromatic heterocycles. The first-order chi connectivity index (χ1) is 11.5. The lowest BCUT2D eigenvalue weighted by molar-refractivity contribution is 0.0627. The van der Waals surface area contributed by atoms with E-state index in [4.69, 9.17) is 0 Å². The first kappa shape index (κ1) is 15.8. The number of thiophene rings is 1. The largest absolute Gasteiger partial charge is 0.337 e. The van der Waals surface area contributed by atoms with Crippen LogP contribution in [0.5, 0.6) is 0 Å². The van der Waals surface area contributed by atoms with Gasteiger partial charge in [-0.3, -0.25) is 14.2 Å². The maximum Gasteiger partial charge on any atom is 0.264 e. The van der Waals surface area contributed by atoms with E-state index in [-0.39, 0.29) is 11.5 Å². The van der Waals surface area contributed by atoms with Gasteiger partial charge in [0, 0.05) is 26.1 Å². The van der Waals surface area contributed by atoms with Gasteiger partial charge >= 0.3 is 0 Å². The van der Waals surface area contributed by atoms with Crippen molar-refractivity contribution in [3.05, 3.63) is 26.6 Å². The minimum atomic E-state index is 0.0284. The molecule has 0 bridgehead atoms. The molecule has 0 spiro atoms. The highest BCUT2D eigenvalue weighted by Crippen LogP contribution is 2.31. The molecule has 4 heterocycles. The van der Waals surface area contributed by atoms with E-state index in [9.17, 15) is 9.59 Å². The molecule has 2 aromatic rings. The number of fused-ring (bicyclic) bond motifs is 2. The Bertz CT molecular complexity index is 872. The highest BCUT2D eigenvalue weighted by molar-refractivity contribution is 7.20. The van der Waals surface area contributed by atoms with Crippen LogP contribution in [0.3, 0.4) is 0 Å². The Kier molecular flexibility index (Phi) is 3.75. The molecule has 2 atom stereocenters. The van der Waals surface area contributed by atoms with Crippen LogP contribution in [0.25, 0.3) is 10.2 Å². The molecule has 1 saturated heterocycles. The van der Waals surface area contributed by atoms with Crippen molar-refractivity contribution in [2.24, 2.45) is 11.8 Å². The number of carbonyl (C=O) groups is 1. The summed E-state index contributed by atoms with van der Waals surface area (Å²) in [5.74, 6) is 1.99. The van der Waals surface area contributed by atoms with Crippen molar-refractivity contribution in [3.63, 3.8) is 0 Å². The summed E-state index contributed by atoms with van der Waals surface area (Å²) >= 11 is 1.39. The van der Waals surface area contributed by atoms with Gasteiger partial charge < -0.3 is 4.90 Å². The molecular formula is C18H23N3O2S. The third-order valence-corrected chi connectivity index (χ3v) is 6.44. The van der Waals surface area contributed by atoms with Gasteiger partial charge in [0.05, 0.1) is 10.3 Å². The van der Waals surface area contributed by atoms with Crippen LogP contribution in [0.2, 0.25) is 0 Å². The first-order valence-electron chi connectivity index (χ1n) is 8.77. The predicted octanol–water partition coefficient (Wildman–Crippen LogP) is 2.83. The third kappa shape index (κ3) is 2.39. The van der Waals surface area contributed by atoms with Crippen LogP contribution in [-0.2, 0) is 13.0 Å². The number of hydrogen-bond donors (Lipinski definition) is 0. The normalized spacial score (nSPS) is 23.7. The zero-order valence-corrected chi connectivity index (χ0v) is 15.3. The average Bonchev–Trinajstić information content (AvgIpc) is 3.11. The van der Waals surface area contributed by atoms with Crippen LogP contribution < -0.4 is 5.56 Å². The van der Waals surface area contributed by atoms with Gasteiger partial charge in [0.1, 0.15) is 10.7 Å². The number of nitrogens with zero attached hydrogens (tertiary/aromatic N) is 3. The summed E-state index contributed by atoms with van der Waals surface area (Å²) in [4.78, 5) is 33.9. The monoisotopic (exact) mass is 345 g/mol. The van der Waals surface area contributed by atoms with E-state index in [1.54, 1.807) is 4.57 Å². The molecule has 24 heavy (non-hydrogen) atoms. The molecule has 2 aliphatic heterocycles. The first-order valence-corrected chi connectivity index (χ1v) is 9.59. The Morgan fingerprint density at radius 2 is 1.96 bits per heavy atom. The van der Waals surface area contributed by atoms with Crippen molar-refractivity contribution in [3.8, 4) is 0 Å². The second-order valence-corrected chi connectivity index (χ2v) is 8.48. The number of carbonyl (C=O) groups excluding carboxylic acids is 1. The van der Waals surface area contributed by atoms with E-state index in [1.165, 1.54) is 17.8 Å².